The van der Waals surface area contributed by atoms with Gasteiger partial charge in [0.05, 0.1) is 29.5 Å². The van der Waals surface area contributed by atoms with Crippen LogP contribution in [-0.2, 0) is 6.42 Å². The van der Waals surface area contributed by atoms with Crippen LogP contribution in [-0.4, -0.2) is 44.9 Å². The molecular weight excluding hydrogens is 427 g/mol. The Bertz CT molecular complexity index is 1290. The van der Waals surface area contributed by atoms with Gasteiger partial charge in [-0.1, -0.05) is 38.1 Å². The second kappa shape index (κ2) is 10.3. The molecule has 10 heteroatoms. The van der Waals surface area contributed by atoms with Gasteiger partial charge < -0.3 is 20.8 Å². The predicted molar refractivity (Wildman–Crippen MR) is 136 cm³/mol. The van der Waals surface area contributed by atoms with Crippen LogP contribution >= 0.6 is 0 Å². The van der Waals surface area contributed by atoms with Gasteiger partial charge in [0, 0.05) is 30.1 Å². The van der Waals surface area contributed by atoms with Crippen molar-refractivity contribution in [1.29, 1.82) is 0 Å². The van der Waals surface area contributed by atoms with Gasteiger partial charge in [-0.2, -0.15) is 0 Å². The highest BCUT2D eigenvalue weighted by Crippen LogP contribution is 2.25. The van der Waals surface area contributed by atoms with E-state index in [0.29, 0.717) is 11.4 Å². The first-order chi connectivity index (χ1) is 16.5. The Morgan fingerprint density at radius 2 is 1.91 bits per heavy atom. The summed E-state index contributed by atoms with van der Waals surface area (Å²) < 4.78 is 1.93. The zero-order chi connectivity index (χ0) is 24.1. The Morgan fingerprint density at radius 3 is 2.65 bits per heavy atom. The zero-order valence-corrected chi connectivity index (χ0v) is 19.5. The summed E-state index contributed by atoms with van der Waals surface area (Å²) in [6.07, 6.45) is 9.36. The molecule has 3 aromatic heterocycles. The van der Waals surface area contributed by atoms with Crippen molar-refractivity contribution in [2.75, 3.05) is 17.6 Å². The summed E-state index contributed by atoms with van der Waals surface area (Å²) in [5, 5.41) is 6.03. The monoisotopic (exact) mass is 454 g/mol. The highest BCUT2D eigenvalue weighted by molar-refractivity contribution is 6.06. The van der Waals surface area contributed by atoms with Crippen molar-refractivity contribution in [2.24, 2.45) is 0 Å². The van der Waals surface area contributed by atoms with Gasteiger partial charge in [0.2, 0.25) is 0 Å². The second-order valence-electron chi connectivity index (χ2n) is 8.20. The van der Waals surface area contributed by atoms with E-state index in [-0.39, 0.29) is 17.4 Å². The van der Waals surface area contributed by atoms with Crippen LogP contribution in [0.3, 0.4) is 0 Å². The molecule has 0 aliphatic heterocycles. The van der Waals surface area contributed by atoms with Crippen LogP contribution in [0.2, 0.25) is 0 Å². The first-order valence-electron chi connectivity index (χ1n) is 11.1. The average Bonchev–Trinajstić information content (AvgIpc) is 3.34. The van der Waals surface area contributed by atoms with Crippen molar-refractivity contribution in [1.82, 2.24) is 29.7 Å². The Labute approximate surface area is 199 Å². The lowest BCUT2D eigenvalue weighted by Gasteiger charge is -2.15. The zero-order valence-electron chi connectivity index (χ0n) is 19.5. The maximum atomic E-state index is 13.2. The van der Waals surface area contributed by atoms with Crippen LogP contribution in [0.1, 0.15) is 41.6 Å². The van der Waals surface area contributed by atoms with Crippen LogP contribution in [0.5, 0.6) is 0 Å². The second-order valence-corrected chi connectivity index (χ2v) is 8.20. The molecular formula is C24H27BN8O. The third-order valence-electron chi connectivity index (χ3n) is 5.42. The molecule has 9 nitrogen and oxygen atoms in total. The Morgan fingerprint density at radius 1 is 1.12 bits per heavy atom. The SMILES string of the molecule is BNCCc1ccc(-c2cnc(N)c(C(=O)Nc3cnccc3-n3ccnc3C(C)C)n2)cc1. The number of nitrogens with two attached hydrogens (primary N) is 1. The topological polar surface area (TPSA) is 124 Å². The van der Waals surface area contributed by atoms with Crippen LogP contribution in [0.4, 0.5) is 11.5 Å². The lowest BCUT2D eigenvalue weighted by Crippen LogP contribution is -2.19. The molecule has 1 amide bonds. The summed E-state index contributed by atoms with van der Waals surface area (Å²) in [6.45, 7) is 5.03. The fourth-order valence-corrected chi connectivity index (χ4v) is 3.64. The molecule has 34 heavy (non-hydrogen) atoms. The number of pyridine rings is 1. The van der Waals surface area contributed by atoms with E-state index in [1.807, 2.05) is 49.1 Å². The molecule has 1 aromatic carbocycles. The van der Waals surface area contributed by atoms with Crippen LogP contribution < -0.4 is 16.3 Å². The van der Waals surface area contributed by atoms with E-state index in [4.69, 9.17) is 5.73 Å². The maximum absolute atomic E-state index is 13.2. The van der Waals surface area contributed by atoms with Gasteiger partial charge >= 0.3 is 0 Å². The van der Waals surface area contributed by atoms with Crippen molar-refractivity contribution in [3.8, 4) is 16.9 Å². The van der Waals surface area contributed by atoms with Crippen molar-refractivity contribution in [3.63, 3.8) is 0 Å². The number of carbonyl (C=O) groups excluding carboxylic acids is 1. The smallest absolute Gasteiger partial charge is 0.278 e. The number of aromatic nitrogens is 5. The van der Waals surface area contributed by atoms with E-state index in [0.717, 1.165) is 30.0 Å². The first kappa shape index (κ1) is 23.1. The number of imidazole rings is 1. The summed E-state index contributed by atoms with van der Waals surface area (Å²) in [5.74, 6) is 0.677. The van der Waals surface area contributed by atoms with E-state index < -0.39 is 5.91 Å². The maximum Gasteiger partial charge on any atom is 0.278 e. The number of nitrogens with zero attached hydrogens (tertiary/aromatic N) is 5. The van der Waals surface area contributed by atoms with Gasteiger partial charge in [-0.25, -0.2) is 15.0 Å². The molecule has 172 valence electrons. The van der Waals surface area contributed by atoms with Crippen LogP contribution in [0.15, 0.2) is 61.3 Å². The largest absolute Gasteiger partial charge is 0.382 e. The Kier molecular flexibility index (Phi) is 6.98. The molecule has 0 atom stereocenters. The van der Waals surface area contributed by atoms with Gasteiger partial charge in [-0.15, -0.1) is 0 Å². The van der Waals surface area contributed by atoms with Crippen molar-refractivity contribution in [3.05, 3.63) is 78.4 Å². The molecule has 0 saturated heterocycles. The fourth-order valence-electron chi connectivity index (χ4n) is 3.64. The number of rotatable bonds is 8. The summed E-state index contributed by atoms with van der Waals surface area (Å²) in [6, 6.07) is 9.86. The molecule has 4 N–H and O–H groups in total. The van der Waals surface area contributed by atoms with E-state index in [1.165, 1.54) is 5.56 Å². The molecule has 0 bridgehead atoms. The number of carbonyl (C=O) groups is 1. The normalized spacial score (nSPS) is 11.0. The third kappa shape index (κ3) is 4.97. The number of nitrogen functional groups attached to an aromatic ring is 1. The van der Waals surface area contributed by atoms with E-state index in [9.17, 15) is 4.79 Å². The van der Waals surface area contributed by atoms with Crippen molar-refractivity contribution < 1.29 is 4.79 Å². The van der Waals surface area contributed by atoms with Gasteiger partial charge in [0.1, 0.15) is 5.82 Å². The summed E-state index contributed by atoms with van der Waals surface area (Å²) in [5.41, 5.74) is 10.00. The molecule has 0 unspecified atom stereocenters. The average molecular weight is 454 g/mol. The number of amides is 1. The number of hydrogen-bond acceptors (Lipinski definition) is 7. The summed E-state index contributed by atoms with van der Waals surface area (Å²) in [7, 11) is 1.93. The standard InChI is InChI=1S/C24H27BN8O/c1-15(2)23-28-11-12-33(23)20-8-9-27-13-19(20)32-24(34)21-22(26)29-14-18(31-21)17-5-3-16(4-6-17)7-10-30-25/h3-6,8-9,11-15,30H,7,10,25H2,1-2H3,(H2,26,29)(H,32,34). The molecule has 0 aliphatic carbocycles. The first-order valence-corrected chi connectivity index (χ1v) is 11.1. The summed E-state index contributed by atoms with van der Waals surface area (Å²) in [4.78, 5) is 30.5. The quantitative estimate of drug-likeness (QED) is 0.349. The molecule has 0 saturated carbocycles. The third-order valence-corrected chi connectivity index (χ3v) is 5.42. The van der Waals surface area contributed by atoms with Crippen LogP contribution in [0, 0.1) is 0 Å². The summed E-state index contributed by atoms with van der Waals surface area (Å²) >= 11 is 0. The Balaban J connectivity index is 1.61. The Hall–Kier alpha value is -4.05. The van der Waals surface area contributed by atoms with Gasteiger partial charge in [-0.3, -0.25) is 9.78 Å². The van der Waals surface area contributed by atoms with E-state index >= 15 is 0 Å². The van der Waals surface area contributed by atoms with Crippen molar-refractivity contribution in [2.45, 2.75) is 26.2 Å². The molecule has 0 radical (unpaired) electrons. The molecule has 0 aliphatic rings. The lowest BCUT2D eigenvalue weighted by atomic mass is 10.1. The minimum Gasteiger partial charge on any atom is -0.382 e. The van der Waals surface area contributed by atoms with Gasteiger partial charge in [-0.05, 0) is 24.6 Å². The van der Waals surface area contributed by atoms with E-state index in [1.54, 1.807) is 24.8 Å². The predicted octanol–water partition coefficient (Wildman–Crippen LogP) is 2.36. The van der Waals surface area contributed by atoms with Crippen LogP contribution in [0.25, 0.3) is 16.9 Å². The number of benzene rings is 1. The van der Waals surface area contributed by atoms with E-state index in [2.05, 4.69) is 44.3 Å². The number of hydrogen-bond donors (Lipinski definition) is 3. The van der Waals surface area contributed by atoms with Crippen molar-refractivity contribution >= 4 is 25.4 Å². The molecule has 3 heterocycles. The van der Waals surface area contributed by atoms with Gasteiger partial charge in [0.15, 0.2) is 19.5 Å². The molecule has 0 fully saturated rings. The minimum atomic E-state index is -0.460. The fraction of sp³-hybridized carbons (Fsp3) is 0.208. The molecule has 4 aromatic rings. The van der Waals surface area contributed by atoms with Gasteiger partial charge in [0.25, 0.3) is 5.91 Å². The highest BCUT2D eigenvalue weighted by atomic mass is 16.1. The number of anilines is 2. The molecule has 0 spiro atoms. The number of nitrogens with one attached hydrogen (secondary N) is 2. The minimum absolute atomic E-state index is 0.0567. The molecule has 4 rings (SSSR count). The lowest BCUT2D eigenvalue weighted by molar-refractivity contribution is 0.102. The highest BCUT2D eigenvalue weighted by Gasteiger charge is 2.18.